The van der Waals surface area contributed by atoms with Gasteiger partial charge in [0.05, 0.1) is 19.7 Å². The Morgan fingerprint density at radius 1 is 0.971 bits per heavy atom. The predicted octanol–water partition coefficient (Wildman–Crippen LogP) is 5.96. The Morgan fingerprint density at radius 3 is 2.46 bits per heavy atom. The van der Waals surface area contributed by atoms with Crippen molar-refractivity contribution in [1.82, 2.24) is 10.3 Å². The zero-order valence-electron chi connectivity index (χ0n) is 18.6. The molecule has 1 aromatic heterocycles. The number of benzene rings is 3. The summed E-state index contributed by atoms with van der Waals surface area (Å²) in [7, 11) is 3.05. The summed E-state index contributed by atoms with van der Waals surface area (Å²) < 4.78 is 31.3. The number of fused-ring (bicyclic) bond motifs is 1. The van der Waals surface area contributed by atoms with Crippen LogP contribution in [0.4, 0.5) is 10.1 Å². The zero-order chi connectivity index (χ0) is 24.9. The van der Waals surface area contributed by atoms with E-state index in [0.717, 1.165) is 0 Å². The van der Waals surface area contributed by atoms with Gasteiger partial charge in [-0.1, -0.05) is 17.7 Å². The van der Waals surface area contributed by atoms with Crippen molar-refractivity contribution in [1.29, 1.82) is 0 Å². The van der Waals surface area contributed by atoms with Crippen LogP contribution in [0.3, 0.4) is 0 Å². The highest BCUT2D eigenvalue weighted by molar-refractivity contribution is 7.80. The Kier molecular flexibility index (Phi) is 7.28. The molecule has 0 saturated carbocycles. The van der Waals surface area contributed by atoms with E-state index >= 15 is 0 Å². The molecule has 4 aromatic rings. The lowest BCUT2D eigenvalue weighted by molar-refractivity contribution is 0.0977. The Morgan fingerprint density at radius 2 is 1.74 bits per heavy atom. The van der Waals surface area contributed by atoms with Crippen molar-refractivity contribution in [3.8, 4) is 23.0 Å². The molecule has 0 bridgehead atoms. The van der Waals surface area contributed by atoms with Crippen LogP contribution in [0.15, 0.2) is 66.9 Å². The smallest absolute Gasteiger partial charge is 0.257 e. The largest absolute Gasteiger partial charge is 0.493 e. The Hall–Kier alpha value is -3.95. The summed E-state index contributed by atoms with van der Waals surface area (Å²) in [6.07, 6.45) is 1.55. The summed E-state index contributed by atoms with van der Waals surface area (Å²) in [6.45, 7) is 0. The average Bonchev–Trinajstić information content (AvgIpc) is 2.84. The molecule has 7 nitrogen and oxygen atoms in total. The quantitative estimate of drug-likeness (QED) is 0.309. The summed E-state index contributed by atoms with van der Waals surface area (Å²) >= 11 is 11.1. The SMILES string of the molecule is COc1cc2nccc(Oc3ccc(NC(=S)NC(=O)c4cccc(Cl)c4)cc3F)c2cc1OC. The van der Waals surface area contributed by atoms with E-state index in [-0.39, 0.29) is 10.9 Å². The summed E-state index contributed by atoms with van der Waals surface area (Å²) in [4.78, 5) is 16.6. The first-order valence-electron chi connectivity index (χ1n) is 10.2. The van der Waals surface area contributed by atoms with E-state index in [4.69, 9.17) is 38.0 Å². The second-order valence-corrected chi connectivity index (χ2v) is 8.04. The van der Waals surface area contributed by atoms with E-state index in [1.165, 1.54) is 32.4 Å². The highest BCUT2D eigenvalue weighted by Crippen LogP contribution is 2.37. The van der Waals surface area contributed by atoms with Crippen molar-refractivity contribution in [2.45, 2.75) is 0 Å². The van der Waals surface area contributed by atoms with Gasteiger partial charge in [0, 0.05) is 40.0 Å². The number of methoxy groups -OCH3 is 2. The van der Waals surface area contributed by atoms with Gasteiger partial charge in [0.15, 0.2) is 28.2 Å². The second-order valence-electron chi connectivity index (χ2n) is 7.20. The van der Waals surface area contributed by atoms with Gasteiger partial charge in [0.2, 0.25) is 0 Å². The molecular formula is C25H19ClFN3O4S. The molecule has 0 unspecified atom stereocenters. The van der Waals surface area contributed by atoms with Gasteiger partial charge in [0.1, 0.15) is 5.75 Å². The second kappa shape index (κ2) is 10.5. The van der Waals surface area contributed by atoms with Gasteiger partial charge in [0.25, 0.3) is 5.91 Å². The van der Waals surface area contributed by atoms with Crippen LogP contribution in [0.1, 0.15) is 10.4 Å². The standard InChI is InChI=1S/C25H19ClFN3O4S/c1-32-22-12-17-19(13-23(22)33-2)28-9-8-20(17)34-21-7-6-16(11-18(21)27)29-25(35)30-24(31)14-4-3-5-15(26)10-14/h3-13H,1-2H3,(H2,29,30,31,35). The van der Waals surface area contributed by atoms with Crippen LogP contribution in [0, 0.1) is 5.82 Å². The monoisotopic (exact) mass is 511 g/mol. The summed E-state index contributed by atoms with van der Waals surface area (Å²) in [5.41, 5.74) is 1.27. The van der Waals surface area contributed by atoms with Gasteiger partial charge in [-0.2, -0.15) is 0 Å². The highest BCUT2D eigenvalue weighted by atomic mass is 35.5. The van der Waals surface area contributed by atoms with Crippen molar-refractivity contribution in [2.24, 2.45) is 0 Å². The van der Waals surface area contributed by atoms with Crippen LogP contribution >= 0.6 is 23.8 Å². The molecule has 3 aromatic carbocycles. The lowest BCUT2D eigenvalue weighted by Gasteiger charge is -2.14. The van der Waals surface area contributed by atoms with Crippen molar-refractivity contribution >= 4 is 51.4 Å². The Balaban J connectivity index is 1.49. The first-order chi connectivity index (χ1) is 16.9. The lowest BCUT2D eigenvalue weighted by Crippen LogP contribution is -2.34. The fraction of sp³-hybridized carbons (Fsp3) is 0.0800. The van der Waals surface area contributed by atoms with Gasteiger partial charge in [-0.25, -0.2) is 4.39 Å². The fourth-order valence-electron chi connectivity index (χ4n) is 3.28. The molecule has 0 aliphatic rings. The van der Waals surface area contributed by atoms with Gasteiger partial charge in [-0.15, -0.1) is 0 Å². The molecule has 4 rings (SSSR count). The number of pyridine rings is 1. The Bertz CT molecular complexity index is 1430. The minimum Gasteiger partial charge on any atom is -0.493 e. The number of thiocarbonyl (C=S) groups is 1. The van der Waals surface area contributed by atoms with Crippen LogP contribution in [-0.4, -0.2) is 30.2 Å². The number of nitrogens with one attached hydrogen (secondary N) is 2. The molecule has 0 spiro atoms. The maximum atomic E-state index is 14.9. The van der Waals surface area contributed by atoms with E-state index in [2.05, 4.69) is 15.6 Å². The maximum absolute atomic E-state index is 14.9. The molecule has 0 radical (unpaired) electrons. The summed E-state index contributed by atoms with van der Waals surface area (Å²) in [5, 5.41) is 6.35. The van der Waals surface area contributed by atoms with Crippen LogP contribution in [0.5, 0.6) is 23.0 Å². The van der Waals surface area contributed by atoms with E-state index in [1.54, 1.807) is 48.7 Å². The van der Waals surface area contributed by atoms with Gasteiger partial charge >= 0.3 is 0 Å². The zero-order valence-corrected chi connectivity index (χ0v) is 20.2. The fourth-order valence-corrected chi connectivity index (χ4v) is 3.68. The van der Waals surface area contributed by atoms with Crippen molar-refractivity contribution in [3.05, 3.63) is 83.3 Å². The molecule has 0 aliphatic carbocycles. The molecule has 1 heterocycles. The number of ether oxygens (including phenoxy) is 3. The van der Waals surface area contributed by atoms with Crippen molar-refractivity contribution in [3.63, 3.8) is 0 Å². The Labute approximate surface area is 210 Å². The van der Waals surface area contributed by atoms with E-state index in [0.29, 0.717) is 44.4 Å². The number of aromatic nitrogens is 1. The van der Waals surface area contributed by atoms with Crippen LogP contribution in [0.25, 0.3) is 10.9 Å². The number of carbonyl (C=O) groups excluding carboxylic acids is 1. The number of halogens is 2. The molecule has 0 atom stereocenters. The number of rotatable bonds is 6. The number of hydrogen-bond acceptors (Lipinski definition) is 6. The number of amides is 1. The average molecular weight is 512 g/mol. The topological polar surface area (TPSA) is 81.7 Å². The minimum absolute atomic E-state index is 0.00390. The minimum atomic E-state index is -0.635. The maximum Gasteiger partial charge on any atom is 0.257 e. The van der Waals surface area contributed by atoms with Crippen LogP contribution in [-0.2, 0) is 0 Å². The summed E-state index contributed by atoms with van der Waals surface area (Å²) in [5.74, 6) is 0.314. The third-order valence-electron chi connectivity index (χ3n) is 4.93. The van der Waals surface area contributed by atoms with Gasteiger partial charge in [-0.05, 0) is 54.7 Å². The molecule has 0 fully saturated rings. The van der Waals surface area contributed by atoms with Crippen LogP contribution in [0.2, 0.25) is 5.02 Å². The third-order valence-corrected chi connectivity index (χ3v) is 5.37. The van der Waals surface area contributed by atoms with E-state index in [9.17, 15) is 9.18 Å². The van der Waals surface area contributed by atoms with Crippen molar-refractivity contribution < 1.29 is 23.4 Å². The van der Waals surface area contributed by atoms with Gasteiger partial charge in [-0.3, -0.25) is 15.1 Å². The first kappa shape index (κ1) is 24.2. The number of carbonyl (C=O) groups is 1. The molecule has 35 heavy (non-hydrogen) atoms. The predicted molar refractivity (Wildman–Crippen MR) is 136 cm³/mol. The summed E-state index contributed by atoms with van der Waals surface area (Å²) in [6, 6.07) is 15.7. The van der Waals surface area contributed by atoms with Crippen LogP contribution < -0.4 is 24.8 Å². The number of anilines is 1. The molecule has 0 saturated heterocycles. The van der Waals surface area contributed by atoms with E-state index < -0.39 is 11.7 Å². The van der Waals surface area contributed by atoms with Gasteiger partial charge < -0.3 is 19.5 Å². The molecule has 178 valence electrons. The first-order valence-corrected chi connectivity index (χ1v) is 11.0. The molecule has 1 amide bonds. The molecule has 2 N–H and O–H groups in total. The molecule has 0 aliphatic heterocycles. The molecule has 10 heteroatoms. The third kappa shape index (κ3) is 5.59. The number of hydrogen-bond donors (Lipinski definition) is 2. The molecular weight excluding hydrogens is 493 g/mol. The number of nitrogens with zero attached hydrogens (tertiary/aromatic N) is 1. The van der Waals surface area contributed by atoms with Crippen molar-refractivity contribution in [2.75, 3.05) is 19.5 Å². The highest BCUT2D eigenvalue weighted by Gasteiger charge is 2.14. The lowest BCUT2D eigenvalue weighted by atomic mass is 10.2. The van der Waals surface area contributed by atoms with E-state index in [1.807, 2.05) is 0 Å². The normalized spacial score (nSPS) is 10.5.